The Hall–Kier alpha value is -1.30. The molecule has 0 spiro atoms. The van der Waals surface area contributed by atoms with Gasteiger partial charge in [-0.25, -0.2) is 8.78 Å². The van der Waals surface area contributed by atoms with Crippen molar-refractivity contribution in [3.8, 4) is 0 Å². The van der Waals surface area contributed by atoms with Gasteiger partial charge in [-0.2, -0.15) is 11.3 Å². The molecule has 3 rings (SSSR count). The molecule has 1 saturated heterocycles. The van der Waals surface area contributed by atoms with Gasteiger partial charge in [0.05, 0.1) is 6.04 Å². The lowest BCUT2D eigenvalue weighted by molar-refractivity contribution is 0.192. The SMILES string of the molecule is Fc1cccc(F)c1[C@@H](c1ccsc1)N1CCNCC1. The maximum atomic E-state index is 14.2. The summed E-state index contributed by atoms with van der Waals surface area (Å²) in [5.74, 6) is -0.945. The second kappa shape index (κ2) is 5.99. The molecule has 1 aromatic heterocycles. The molecule has 2 aromatic rings. The van der Waals surface area contributed by atoms with E-state index in [1.165, 1.54) is 18.2 Å². The van der Waals surface area contributed by atoms with Gasteiger partial charge in [-0.3, -0.25) is 4.90 Å². The van der Waals surface area contributed by atoms with E-state index < -0.39 is 11.6 Å². The van der Waals surface area contributed by atoms with E-state index in [4.69, 9.17) is 0 Å². The normalized spacial score (nSPS) is 18.1. The standard InChI is InChI=1S/C15H16F2N2S/c16-12-2-1-3-13(17)14(12)15(11-4-9-20-10-11)19-7-5-18-6-8-19/h1-4,9-10,15,18H,5-8H2/t15-/m1/s1. The molecule has 1 N–H and O–H groups in total. The van der Waals surface area contributed by atoms with Gasteiger partial charge in [-0.15, -0.1) is 0 Å². The minimum atomic E-state index is -0.472. The van der Waals surface area contributed by atoms with Gasteiger partial charge in [-0.1, -0.05) is 6.07 Å². The molecular weight excluding hydrogens is 278 g/mol. The third kappa shape index (κ3) is 2.61. The Bertz CT molecular complexity index is 545. The molecule has 1 aliphatic heterocycles. The smallest absolute Gasteiger partial charge is 0.131 e. The Morgan fingerprint density at radius 1 is 1.10 bits per heavy atom. The number of hydrogen-bond donors (Lipinski definition) is 1. The van der Waals surface area contributed by atoms with Crippen LogP contribution in [0.15, 0.2) is 35.0 Å². The number of nitrogens with zero attached hydrogens (tertiary/aromatic N) is 1. The quantitative estimate of drug-likeness (QED) is 0.936. The number of nitrogens with one attached hydrogen (secondary N) is 1. The van der Waals surface area contributed by atoms with Crippen molar-refractivity contribution in [1.82, 2.24) is 10.2 Å². The molecule has 0 aliphatic carbocycles. The molecule has 0 bridgehead atoms. The van der Waals surface area contributed by atoms with Gasteiger partial charge < -0.3 is 5.32 Å². The van der Waals surface area contributed by atoms with Crippen molar-refractivity contribution in [2.24, 2.45) is 0 Å². The van der Waals surface area contributed by atoms with E-state index in [-0.39, 0.29) is 11.6 Å². The van der Waals surface area contributed by atoms with Gasteiger partial charge in [0.25, 0.3) is 0 Å². The fraction of sp³-hybridized carbons (Fsp3) is 0.333. The van der Waals surface area contributed by atoms with Crippen molar-refractivity contribution < 1.29 is 8.78 Å². The van der Waals surface area contributed by atoms with Crippen LogP contribution in [0.2, 0.25) is 0 Å². The molecule has 106 valence electrons. The molecule has 2 heterocycles. The summed E-state index contributed by atoms with van der Waals surface area (Å²) >= 11 is 1.55. The summed E-state index contributed by atoms with van der Waals surface area (Å²) in [6.45, 7) is 3.26. The predicted molar refractivity (Wildman–Crippen MR) is 77.0 cm³/mol. The molecule has 2 nitrogen and oxygen atoms in total. The Morgan fingerprint density at radius 2 is 1.80 bits per heavy atom. The Labute approximate surface area is 121 Å². The number of rotatable bonds is 3. The molecule has 0 unspecified atom stereocenters. The molecule has 0 amide bonds. The number of benzene rings is 1. The average Bonchev–Trinajstić information content (AvgIpc) is 2.98. The fourth-order valence-corrected chi connectivity index (χ4v) is 3.38. The summed E-state index contributed by atoms with van der Waals surface area (Å²) in [6.07, 6.45) is 0. The number of halogens is 2. The van der Waals surface area contributed by atoms with Gasteiger partial charge in [0.2, 0.25) is 0 Å². The first-order chi connectivity index (χ1) is 9.77. The van der Waals surface area contributed by atoms with E-state index in [0.717, 1.165) is 31.7 Å². The first-order valence-corrected chi connectivity index (χ1v) is 7.62. The van der Waals surface area contributed by atoms with Crippen LogP contribution in [0.3, 0.4) is 0 Å². The highest BCUT2D eigenvalue weighted by Crippen LogP contribution is 2.33. The molecule has 1 aromatic carbocycles. The van der Waals surface area contributed by atoms with Crippen LogP contribution in [0.4, 0.5) is 8.78 Å². The summed E-state index contributed by atoms with van der Waals surface area (Å²) in [5, 5.41) is 7.19. The van der Waals surface area contributed by atoms with Crippen LogP contribution in [0, 0.1) is 11.6 Å². The summed E-state index contributed by atoms with van der Waals surface area (Å²) in [6, 6.07) is 5.68. The highest BCUT2D eigenvalue weighted by atomic mass is 32.1. The number of hydrogen-bond acceptors (Lipinski definition) is 3. The van der Waals surface area contributed by atoms with Crippen molar-refractivity contribution in [3.05, 3.63) is 57.8 Å². The van der Waals surface area contributed by atoms with Crippen LogP contribution < -0.4 is 5.32 Å². The molecule has 0 radical (unpaired) electrons. The maximum absolute atomic E-state index is 14.2. The van der Waals surface area contributed by atoms with Gasteiger partial charge in [-0.05, 0) is 34.5 Å². The third-order valence-corrected chi connectivity index (χ3v) is 4.35. The summed E-state index contributed by atoms with van der Waals surface area (Å²) < 4.78 is 28.3. The molecule has 20 heavy (non-hydrogen) atoms. The van der Waals surface area contributed by atoms with E-state index in [1.807, 2.05) is 16.8 Å². The molecular formula is C15H16F2N2S. The Kier molecular flexibility index (Phi) is 4.10. The van der Waals surface area contributed by atoms with Crippen molar-refractivity contribution >= 4 is 11.3 Å². The first-order valence-electron chi connectivity index (χ1n) is 6.68. The first kappa shape index (κ1) is 13.7. The fourth-order valence-electron chi connectivity index (χ4n) is 2.70. The van der Waals surface area contributed by atoms with Crippen LogP contribution in [0.5, 0.6) is 0 Å². The summed E-state index contributed by atoms with van der Waals surface area (Å²) in [4.78, 5) is 2.14. The second-order valence-corrected chi connectivity index (χ2v) is 5.66. The highest BCUT2D eigenvalue weighted by Gasteiger charge is 2.28. The zero-order chi connectivity index (χ0) is 13.9. The number of piperazine rings is 1. The minimum absolute atomic E-state index is 0.160. The van der Waals surface area contributed by atoms with E-state index in [1.54, 1.807) is 11.3 Å². The van der Waals surface area contributed by atoms with Crippen LogP contribution in [-0.2, 0) is 0 Å². The summed E-state index contributed by atoms with van der Waals surface area (Å²) in [7, 11) is 0. The van der Waals surface area contributed by atoms with Crippen molar-refractivity contribution in [2.45, 2.75) is 6.04 Å². The average molecular weight is 294 g/mol. The van der Waals surface area contributed by atoms with Crippen molar-refractivity contribution in [2.75, 3.05) is 26.2 Å². The Balaban J connectivity index is 2.05. The molecule has 1 atom stereocenters. The largest absolute Gasteiger partial charge is 0.314 e. The van der Waals surface area contributed by atoms with E-state index >= 15 is 0 Å². The van der Waals surface area contributed by atoms with Gasteiger partial charge in [0, 0.05) is 31.7 Å². The Morgan fingerprint density at radius 3 is 2.40 bits per heavy atom. The van der Waals surface area contributed by atoms with Crippen LogP contribution in [-0.4, -0.2) is 31.1 Å². The lowest BCUT2D eigenvalue weighted by atomic mass is 9.97. The topological polar surface area (TPSA) is 15.3 Å². The predicted octanol–water partition coefficient (Wildman–Crippen LogP) is 3.02. The molecule has 5 heteroatoms. The van der Waals surface area contributed by atoms with Crippen LogP contribution in [0.25, 0.3) is 0 Å². The van der Waals surface area contributed by atoms with Gasteiger partial charge in [0.1, 0.15) is 11.6 Å². The van der Waals surface area contributed by atoms with E-state index in [9.17, 15) is 8.78 Å². The van der Waals surface area contributed by atoms with Crippen LogP contribution in [0.1, 0.15) is 17.2 Å². The molecule has 1 fully saturated rings. The zero-order valence-corrected chi connectivity index (χ0v) is 11.8. The van der Waals surface area contributed by atoms with Crippen LogP contribution >= 0.6 is 11.3 Å². The molecule has 1 aliphatic rings. The highest BCUT2D eigenvalue weighted by molar-refractivity contribution is 7.08. The van der Waals surface area contributed by atoms with E-state index in [0.29, 0.717) is 0 Å². The lowest BCUT2D eigenvalue weighted by Gasteiger charge is -2.35. The van der Waals surface area contributed by atoms with Crippen molar-refractivity contribution in [3.63, 3.8) is 0 Å². The summed E-state index contributed by atoms with van der Waals surface area (Å²) in [5.41, 5.74) is 1.12. The van der Waals surface area contributed by atoms with Gasteiger partial charge in [0.15, 0.2) is 0 Å². The van der Waals surface area contributed by atoms with E-state index in [2.05, 4.69) is 10.2 Å². The van der Waals surface area contributed by atoms with Gasteiger partial charge >= 0.3 is 0 Å². The third-order valence-electron chi connectivity index (χ3n) is 3.65. The monoisotopic (exact) mass is 294 g/mol. The zero-order valence-electron chi connectivity index (χ0n) is 11.0. The minimum Gasteiger partial charge on any atom is -0.314 e. The number of thiophene rings is 1. The molecule has 0 saturated carbocycles. The maximum Gasteiger partial charge on any atom is 0.131 e. The van der Waals surface area contributed by atoms with Crippen molar-refractivity contribution in [1.29, 1.82) is 0 Å². The second-order valence-electron chi connectivity index (χ2n) is 4.88. The lowest BCUT2D eigenvalue weighted by Crippen LogP contribution is -2.45.